The summed E-state index contributed by atoms with van der Waals surface area (Å²) in [6.07, 6.45) is 2.07. The van der Waals surface area contributed by atoms with Crippen molar-refractivity contribution in [3.63, 3.8) is 0 Å². The molecule has 124 valence electrons. The Kier molecular flexibility index (Phi) is 4.04. The van der Waals surface area contributed by atoms with Gasteiger partial charge in [0.2, 0.25) is 0 Å². The van der Waals surface area contributed by atoms with Crippen LogP contribution in [0.25, 0.3) is 16.9 Å². The molecule has 0 atom stereocenters. The van der Waals surface area contributed by atoms with E-state index in [4.69, 9.17) is 4.98 Å². The van der Waals surface area contributed by atoms with E-state index in [1.165, 1.54) is 17.8 Å². The normalized spacial score (nSPS) is 15.9. The Balaban J connectivity index is 1.83. The molecule has 1 N–H and O–H groups in total. The smallest absolute Gasteiger partial charge is 0.140 e. The van der Waals surface area contributed by atoms with Crippen LogP contribution in [0.5, 0.6) is 0 Å². The van der Waals surface area contributed by atoms with Crippen LogP contribution in [-0.2, 0) is 6.54 Å². The van der Waals surface area contributed by atoms with Gasteiger partial charge in [0, 0.05) is 44.5 Å². The first-order chi connectivity index (χ1) is 11.7. The van der Waals surface area contributed by atoms with Crippen molar-refractivity contribution in [3.05, 3.63) is 59.7 Å². The minimum absolute atomic E-state index is 0.220. The van der Waals surface area contributed by atoms with Crippen LogP contribution in [0.3, 0.4) is 0 Å². The number of nitrogens with zero attached hydrogens (tertiary/aromatic N) is 3. The third-order valence-corrected chi connectivity index (χ3v) is 4.64. The average molecular weight is 324 g/mol. The van der Waals surface area contributed by atoms with Gasteiger partial charge in [0.05, 0.1) is 11.4 Å². The van der Waals surface area contributed by atoms with Crippen LogP contribution >= 0.6 is 0 Å². The largest absolute Gasteiger partial charge is 0.314 e. The maximum atomic E-state index is 13.3. The molecule has 0 radical (unpaired) electrons. The van der Waals surface area contributed by atoms with E-state index in [0.717, 1.165) is 55.2 Å². The monoisotopic (exact) mass is 324 g/mol. The number of hydrogen-bond acceptors (Lipinski definition) is 3. The van der Waals surface area contributed by atoms with Gasteiger partial charge in [-0.15, -0.1) is 0 Å². The molecule has 2 aromatic heterocycles. The van der Waals surface area contributed by atoms with Crippen LogP contribution < -0.4 is 5.32 Å². The van der Waals surface area contributed by atoms with Crippen molar-refractivity contribution in [2.45, 2.75) is 13.5 Å². The molecule has 1 aliphatic rings. The van der Waals surface area contributed by atoms with E-state index in [1.54, 1.807) is 0 Å². The zero-order chi connectivity index (χ0) is 16.5. The number of aromatic nitrogens is 2. The van der Waals surface area contributed by atoms with Gasteiger partial charge < -0.3 is 9.72 Å². The molecule has 0 aliphatic carbocycles. The Morgan fingerprint density at radius 1 is 1.12 bits per heavy atom. The quantitative estimate of drug-likeness (QED) is 0.804. The molecule has 1 saturated heterocycles. The highest BCUT2D eigenvalue weighted by atomic mass is 19.1. The summed E-state index contributed by atoms with van der Waals surface area (Å²) in [4.78, 5) is 7.32. The lowest BCUT2D eigenvalue weighted by molar-refractivity contribution is 0.230. The van der Waals surface area contributed by atoms with Gasteiger partial charge in [-0.25, -0.2) is 9.37 Å². The van der Waals surface area contributed by atoms with Crippen molar-refractivity contribution >= 4 is 5.65 Å². The number of nitrogens with one attached hydrogen (secondary N) is 1. The molecule has 3 heterocycles. The van der Waals surface area contributed by atoms with E-state index < -0.39 is 0 Å². The summed E-state index contributed by atoms with van der Waals surface area (Å²) >= 11 is 0. The number of pyridine rings is 1. The van der Waals surface area contributed by atoms with Crippen molar-refractivity contribution in [1.82, 2.24) is 19.6 Å². The van der Waals surface area contributed by atoms with Gasteiger partial charge in [0.15, 0.2) is 0 Å². The molecular weight excluding hydrogens is 303 g/mol. The summed E-state index contributed by atoms with van der Waals surface area (Å²) in [7, 11) is 0. The highest BCUT2D eigenvalue weighted by Gasteiger charge is 2.19. The van der Waals surface area contributed by atoms with Gasteiger partial charge in [0.1, 0.15) is 11.5 Å². The summed E-state index contributed by atoms with van der Waals surface area (Å²) in [5.41, 5.74) is 5.20. The fourth-order valence-electron chi connectivity index (χ4n) is 3.32. The molecule has 5 heteroatoms. The number of fused-ring (bicyclic) bond motifs is 1. The maximum absolute atomic E-state index is 13.3. The van der Waals surface area contributed by atoms with Crippen LogP contribution in [0.1, 0.15) is 11.3 Å². The second-order valence-corrected chi connectivity index (χ2v) is 6.32. The molecule has 0 amide bonds. The second-order valence-electron chi connectivity index (χ2n) is 6.32. The molecule has 1 aromatic carbocycles. The molecule has 24 heavy (non-hydrogen) atoms. The Morgan fingerprint density at radius 2 is 1.88 bits per heavy atom. The molecule has 0 unspecified atom stereocenters. The molecular formula is C19H21FN4. The zero-order valence-corrected chi connectivity index (χ0v) is 13.8. The topological polar surface area (TPSA) is 32.6 Å². The maximum Gasteiger partial charge on any atom is 0.140 e. The van der Waals surface area contributed by atoms with Gasteiger partial charge in [-0.05, 0) is 42.8 Å². The minimum Gasteiger partial charge on any atom is -0.314 e. The Labute approximate surface area is 140 Å². The lowest BCUT2D eigenvalue weighted by Gasteiger charge is -2.27. The highest BCUT2D eigenvalue weighted by molar-refractivity contribution is 5.68. The zero-order valence-electron chi connectivity index (χ0n) is 13.8. The van der Waals surface area contributed by atoms with E-state index in [0.29, 0.717) is 0 Å². The third-order valence-electron chi connectivity index (χ3n) is 4.64. The third kappa shape index (κ3) is 2.81. The summed E-state index contributed by atoms with van der Waals surface area (Å²) in [5, 5.41) is 3.39. The average Bonchev–Trinajstić information content (AvgIpc) is 2.97. The standard InChI is InChI=1S/C19H21FN4/c1-14-3-2-10-24-17(13-23-11-8-21-9-12-23)18(22-19(14)24)15-4-6-16(20)7-5-15/h2-7,10,21H,8-9,11-13H2,1H3. The molecule has 1 fully saturated rings. The molecule has 4 nitrogen and oxygen atoms in total. The van der Waals surface area contributed by atoms with Crippen molar-refractivity contribution < 1.29 is 4.39 Å². The van der Waals surface area contributed by atoms with Gasteiger partial charge in [-0.3, -0.25) is 4.90 Å². The van der Waals surface area contributed by atoms with Crippen molar-refractivity contribution in [1.29, 1.82) is 0 Å². The Bertz CT molecular complexity index is 848. The predicted molar refractivity (Wildman–Crippen MR) is 93.5 cm³/mol. The first-order valence-corrected chi connectivity index (χ1v) is 8.38. The summed E-state index contributed by atoms with van der Waals surface area (Å²) in [5.74, 6) is -0.220. The molecule has 4 rings (SSSR count). The van der Waals surface area contributed by atoms with Gasteiger partial charge in [0.25, 0.3) is 0 Å². The van der Waals surface area contributed by atoms with Crippen molar-refractivity contribution in [3.8, 4) is 11.3 Å². The highest BCUT2D eigenvalue weighted by Crippen LogP contribution is 2.27. The first-order valence-electron chi connectivity index (χ1n) is 8.38. The minimum atomic E-state index is -0.220. The number of aryl methyl sites for hydroxylation is 1. The summed E-state index contributed by atoms with van der Waals surface area (Å²) in [6.45, 7) is 7.01. The van der Waals surface area contributed by atoms with Crippen molar-refractivity contribution in [2.75, 3.05) is 26.2 Å². The van der Waals surface area contributed by atoms with E-state index in [1.807, 2.05) is 12.1 Å². The van der Waals surface area contributed by atoms with E-state index >= 15 is 0 Å². The second kappa shape index (κ2) is 6.34. The SMILES string of the molecule is Cc1cccn2c(CN3CCNCC3)c(-c3ccc(F)cc3)nc12. The Hall–Kier alpha value is -2.24. The molecule has 0 spiro atoms. The fraction of sp³-hybridized carbons (Fsp3) is 0.316. The van der Waals surface area contributed by atoms with Crippen LogP contribution in [0.2, 0.25) is 0 Å². The number of hydrogen-bond donors (Lipinski definition) is 1. The van der Waals surface area contributed by atoms with Crippen LogP contribution in [-0.4, -0.2) is 40.5 Å². The van der Waals surface area contributed by atoms with E-state index in [2.05, 4.69) is 39.9 Å². The number of rotatable bonds is 3. The summed E-state index contributed by atoms with van der Waals surface area (Å²) in [6, 6.07) is 10.8. The molecule has 0 bridgehead atoms. The molecule has 1 aliphatic heterocycles. The molecule has 3 aromatic rings. The number of halogens is 1. The van der Waals surface area contributed by atoms with Crippen molar-refractivity contribution in [2.24, 2.45) is 0 Å². The fourth-order valence-corrected chi connectivity index (χ4v) is 3.32. The van der Waals surface area contributed by atoms with Gasteiger partial charge in [-0.1, -0.05) is 6.07 Å². The van der Waals surface area contributed by atoms with Crippen LogP contribution in [0.15, 0.2) is 42.6 Å². The van der Waals surface area contributed by atoms with Gasteiger partial charge >= 0.3 is 0 Å². The Morgan fingerprint density at radius 3 is 2.62 bits per heavy atom. The molecule has 0 saturated carbocycles. The number of benzene rings is 1. The lowest BCUT2D eigenvalue weighted by Crippen LogP contribution is -2.43. The first kappa shape index (κ1) is 15.3. The van der Waals surface area contributed by atoms with Crippen LogP contribution in [0.4, 0.5) is 4.39 Å². The number of piperazine rings is 1. The number of imidazole rings is 1. The van der Waals surface area contributed by atoms with Gasteiger partial charge in [-0.2, -0.15) is 0 Å². The summed E-state index contributed by atoms with van der Waals surface area (Å²) < 4.78 is 15.5. The van der Waals surface area contributed by atoms with Crippen LogP contribution in [0, 0.1) is 12.7 Å². The lowest BCUT2D eigenvalue weighted by atomic mass is 10.1. The van der Waals surface area contributed by atoms with E-state index in [-0.39, 0.29) is 5.82 Å². The predicted octanol–water partition coefficient (Wildman–Crippen LogP) is 2.85. The van der Waals surface area contributed by atoms with E-state index in [9.17, 15) is 4.39 Å².